The molecule has 252 valence electrons. The van der Waals surface area contributed by atoms with Crippen LogP contribution in [0.5, 0.6) is 11.5 Å². The fraction of sp³-hybridized carbons (Fsp3) is 0.159. The third kappa shape index (κ3) is 5.41. The van der Waals surface area contributed by atoms with Crippen molar-refractivity contribution in [2.45, 2.75) is 47.0 Å². The Balaban J connectivity index is 0.00000374. The van der Waals surface area contributed by atoms with Crippen LogP contribution in [0.25, 0.3) is 66.3 Å². The van der Waals surface area contributed by atoms with Gasteiger partial charge >= 0.3 is 21.1 Å². The molecule has 0 saturated carbocycles. The third-order valence-electron chi connectivity index (χ3n) is 9.69. The maximum Gasteiger partial charge on any atom is 2.00 e. The summed E-state index contributed by atoms with van der Waals surface area (Å²) < 4.78 is 10.8. The molecule has 5 aromatic heterocycles. The van der Waals surface area contributed by atoms with Crippen molar-refractivity contribution in [1.82, 2.24) is 23.9 Å². The van der Waals surface area contributed by atoms with Crippen LogP contribution < -0.4 is 4.74 Å². The maximum atomic E-state index is 6.53. The van der Waals surface area contributed by atoms with E-state index in [1.165, 1.54) is 22.3 Å². The number of benzene rings is 4. The topological polar surface area (TPSA) is 57.2 Å². The number of aryl methyl sites for hydroxylation is 3. The van der Waals surface area contributed by atoms with Crippen LogP contribution in [-0.2, 0) is 26.5 Å². The summed E-state index contributed by atoms with van der Waals surface area (Å²) in [6.45, 7) is 13.1. The molecule has 0 N–H and O–H groups in total. The molecule has 9 rings (SSSR count). The molecular formula is C44H35N5OPt. The van der Waals surface area contributed by atoms with E-state index in [1.807, 2.05) is 42.7 Å². The van der Waals surface area contributed by atoms with Gasteiger partial charge in [-0.05, 0) is 72.5 Å². The molecule has 9 aromatic rings. The van der Waals surface area contributed by atoms with Crippen molar-refractivity contribution >= 4 is 49.4 Å². The predicted octanol–water partition coefficient (Wildman–Crippen LogP) is 10.8. The number of hydrogen-bond donors (Lipinski definition) is 0. The van der Waals surface area contributed by atoms with Gasteiger partial charge in [-0.3, -0.25) is 4.98 Å². The molecule has 0 spiro atoms. The molecule has 5 heterocycles. The number of rotatable bonds is 4. The summed E-state index contributed by atoms with van der Waals surface area (Å²) in [5.41, 5.74) is 11.4. The van der Waals surface area contributed by atoms with Crippen molar-refractivity contribution in [3.63, 3.8) is 0 Å². The Morgan fingerprint density at radius 2 is 1.35 bits per heavy atom. The number of ether oxygens (including phenoxy) is 1. The molecule has 0 aliphatic carbocycles. The van der Waals surface area contributed by atoms with Crippen molar-refractivity contribution in [2.24, 2.45) is 0 Å². The molecule has 0 saturated heterocycles. The van der Waals surface area contributed by atoms with Gasteiger partial charge < -0.3 is 13.7 Å². The van der Waals surface area contributed by atoms with E-state index in [-0.39, 0.29) is 26.5 Å². The minimum absolute atomic E-state index is 0. The van der Waals surface area contributed by atoms with Crippen LogP contribution in [0.15, 0.2) is 104 Å². The summed E-state index contributed by atoms with van der Waals surface area (Å²) in [4.78, 5) is 14.8. The molecule has 0 amide bonds. The number of hydrogen-bond acceptors (Lipinski definition) is 4. The van der Waals surface area contributed by atoms with Crippen molar-refractivity contribution in [3.8, 4) is 28.4 Å². The minimum atomic E-state index is 0. The summed E-state index contributed by atoms with van der Waals surface area (Å²) in [5, 5.41) is 5.18. The Hall–Kier alpha value is -5.32. The first kappa shape index (κ1) is 32.9. The van der Waals surface area contributed by atoms with Gasteiger partial charge in [-0.15, -0.1) is 30.3 Å². The number of fused-ring (bicyclic) bond motifs is 9. The van der Waals surface area contributed by atoms with E-state index in [4.69, 9.17) is 19.7 Å². The van der Waals surface area contributed by atoms with E-state index in [0.29, 0.717) is 11.5 Å². The van der Waals surface area contributed by atoms with Crippen LogP contribution in [-0.4, -0.2) is 23.9 Å². The Bertz CT molecular complexity index is 2800. The average molecular weight is 845 g/mol. The molecule has 0 atom stereocenters. The molecule has 0 unspecified atom stereocenters. The van der Waals surface area contributed by atoms with Crippen molar-refractivity contribution in [2.75, 3.05) is 0 Å². The summed E-state index contributed by atoms with van der Waals surface area (Å²) in [6.07, 6.45) is 5.77. The second-order valence-corrected chi connectivity index (χ2v) is 14.3. The zero-order chi connectivity index (χ0) is 34.3. The monoisotopic (exact) mass is 844 g/mol. The molecule has 6 nitrogen and oxygen atoms in total. The zero-order valence-corrected chi connectivity index (χ0v) is 31.5. The third-order valence-corrected chi connectivity index (χ3v) is 9.69. The molecule has 0 aliphatic heterocycles. The summed E-state index contributed by atoms with van der Waals surface area (Å²) in [5.74, 6) is 1.17. The van der Waals surface area contributed by atoms with Crippen molar-refractivity contribution < 1.29 is 25.8 Å². The second-order valence-electron chi connectivity index (χ2n) is 14.3. The fourth-order valence-corrected chi connectivity index (χ4v) is 7.46. The van der Waals surface area contributed by atoms with Crippen LogP contribution >= 0.6 is 0 Å². The van der Waals surface area contributed by atoms with Crippen LogP contribution in [0.1, 0.15) is 43.0 Å². The van der Waals surface area contributed by atoms with Gasteiger partial charge in [0.15, 0.2) is 0 Å². The van der Waals surface area contributed by atoms with Gasteiger partial charge in [0.25, 0.3) is 0 Å². The molecule has 0 radical (unpaired) electrons. The van der Waals surface area contributed by atoms with Gasteiger partial charge in [-0.1, -0.05) is 79.2 Å². The SMILES string of the molecule is Cc1cc(C)c(-c2cn3c(n2)c2[c-]c(Oc4[c-]c(-n5c6cc(C(C)(C)C)ccc6c6cccnc65)ccc4)ccc2c2cccnc23)c(C)c1.[Pt+2]. The predicted molar refractivity (Wildman–Crippen MR) is 203 cm³/mol. The first-order valence-corrected chi connectivity index (χ1v) is 16.9. The van der Waals surface area contributed by atoms with Gasteiger partial charge in [-0.2, -0.15) is 6.07 Å². The largest absolute Gasteiger partial charge is 2.00 e. The second kappa shape index (κ2) is 12.2. The number of aromatic nitrogens is 5. The Morgan fingerprint density at radius 3 is 2.10 bits per heavy atom. The van der Waals surface area contributed by atoms with Gasteiger partial charge in [0.05, 0.1) is 16.9 Å². The zero-order valence-electron chi connectivity index (χ0n) is 29.3. The quantitative estimate of drug-likeness (QED) is 0.131. The average Bonchev–Trinajstić information content (AvgIpc) is 3.68. The van der Waals surface area contributed by atoms with E-state index in [2.05, 4.69) is 123 Å². The molecule has 4 aromatic carbocycles. The summed E-state index contributed by atoms with van der Waals surface area (Å²) in [7, 11) is 0. The Kier molecular flexibility index (Phi) is 7.84. The van der Waals surface area contributed by atoms with E-state index in [0.717, 1.165) is 66.3 Å². The first-order valence-electron chi connectivity index (χ1n) is 16.9. The maximum absolute atomic E-state index is 6.53. The normalized spacial score (nSPS) is 12.0. The van der Waals surface area contributed by atoms with E-state index >= 15 is 0 Å². The van der Waals surface area contributed by atoms with E-state index in [1.54, 1.807) is 0 Å². The van der Waals surface area contributed by atoms with E-state index < -0.39 is 0 Å². The first-order chi connectivity index (χ1) is 24.1. The smallest absolute Gasteiger partial charge is 0.503 e. The standard InChI is InChI=1S/C44H35N5O.Pt/c1-26-20-27(2)40(28(3)21-26)38-25-48-41-35(12-8-18-45-41)33-17-15-32(24-37(33)43(48)47-38)50-31-11-7-10-30(23-31)49-39-22-29(44(4,5)6)14-16-34(39)36-13-9-19-46-42(36)49;/h7-22,25H,1-6H3;/q-2;+2. The van der Waals surface area contributed by atoms with Gasteiger partial charge in [0, 0.05) is 46.4 Å². The van der Waals surface area contributed by atoms with Crippen molar-refractivity contribution in [3.05, 3.63) is 138 Å². The number of pyridine rings is 3. The van der Waals surface area contributed by atoms with Crippen LogP contribution in [0.2, 0.25) is 0 Å². The Morgan fingerprint density at radius 1 is 0.667 bits per heavy atom. The van der Waals surface area contributed by atoms with Crippen LogP contribution in [0.3, 0.4) is 0 Å². The Labute approximate surface area is 311 Å². The van der Waals surface area contributed by atoms with Gasteiger partial charge in [0.1, 0.15) is 11.3 Å². The minimum Gasteiger partial charge on any atom is -0.503 e. The fourth-order valence-electron chi connectivity index (χ4n) is 7.46. The summed E-state index contributed by atoms with van der Waals surface area (Å²) in [6, 6.07) is 36.5. The number of nitrogens with zero attached hydrogens (tertiary/aromatic N) is 5. The van der Waals surface area contributed by atoms with Crippen LogP contribution in [0, 0.1) is 32.9 Å². The molecule has 7 heteroatoms. The van der Waals surface area contributed by atoms with Gasteiger partial charge in [-0.25, -0.2) is 9.97 Å². The molecule has 51 heavy (non-hydrogen) atoms. The van der Waals surface area contributed by atoms with Crippen molar-refractivity contribution in [1.29, 1.82) is 0 Å². The van der Waals surface area contributed by atoms with Crippen LogP contribution in [0.4, 0.5) is 0 Å². The molecule has 0 bridgehead atoms. The molecule has 0 fully saturated rings. The number of imidazole rings is 1. The molecular weight excluding hydrogens is 810 g/mol. The van der Waals surface area contributed by atoms with Gasteiger partial charge in [0.2, 0.25) is 0 Å². The summed E-state index contributed by atoms with van der Waals surface area (Å²) >= 11 is 0. The van der Waals surface area contributed by atoms with E-state index in [9.17, 15) is 0 Å². The molecule has 0 aliphatic rings.